The summed E-state index contributed by atoms with van der Waals surface area (Å²) in [7, 11) is 0. The Labute approximate surface area is 143 Å². The maximum Gasteiger partial charge on any atom is 0.222 e. The number of fused-ring (bicyclic) bond motifs is 1. The monoisotopic (exact) mass is 333 g/mol. The molecule has 4 nitrogen and oxygen atoms in total. The minimum absolute atomic E-state index is 0.392. The SMILES string of the molecule is O=C1CC[C@@H]2[C@@H](CCN2Cc2ccsc2)N1CCN1CCCC1. The van der Waals surface area contributed by atoms with Gasteiger partial charge in [0.25, 0.3) is 0 Å². The van der Waals surface area contributed by atoms with Gasteiger partial charge in [0, 0.05) is 44.7 Å². The predicted octanol–water partition coefficient (Wildman–Crippen LogP) is 2.41. The first-order valence-electron chi connectivity index (χ1n) is 9.08. The summed E-state index contributed by atoms with van der Waals surface area (Å²) in [5.74, 6) is 0.392. The van der Waals surface area contributed by atoms with E-state index in [9.17, 15) is 4.79 Å². The second kappa shape index (κ2) is 6.91. The van der Waals surface area contributed by atoms with Crippen molar-refractivity contribution in [1.29, 1.82) is 0 Å². The van der Waals surface area contributed by atoms with Crippen molar-refractivity contribution in [3.8, 4) is 0 Å². The summed E-state index contributed by atoms with van der Waals surface area (Å²) < 4.78 is 0. The topological polar surface area (TPSA) is 26.8 Å². The Kier molecular flexibility index (Phi) is 4.69. The molecule has 3 aliphatic rings. The maximum atomic E-state index is 12.5. The van der Waals surface area contributed by atoms with Crippen molar-refractivity contribution in [3.63, 3.8) is 0 Å². The molecule has 4 heterocycles. The highest BCUT2D eigenvalue weighted by atomic mass is 32.1. The van der Waals surface area contributed by atoms with Crippen LogP contribution in [0.4, 0.5) is 0 Å². The number of rotatable bonds is 5. The van der Waals surface area contributed by atoms with Gasteiger partial charge in [-0.25, -0.2) is 0 Å². The molecule has 0 bridgehead atoms. The number of thiophene rings is 1. The number of nitrogens with zero attached hydrogens (tertiary/aromatic N) is 3. The Hall–Kier alpha value is -0.910. The van der Waals surface area contributed by atoms with E-state index in [1.165, 1.54) is 31.5 Å². The van der Waals surface area contributed by atoms with Crippen molar-refractivity contribution < 1.29 is 4.79 Å². The largest absolute Gasteiger partial charge is 0.337 e. The van der Waals surface area contributed by atoms with Gasteiger partial charge in [-0.05, 0) is 61.2 Å². The van der Waals surface area contributed by atoms with Crippen LogP contribution in [0, 0.1) is 0 Å². The van der Waals surface area contributed by atoms with Crippen LogP contribution in [0.1, 0.15) is 37.7 Å². The molecule has 0 aliphatic carbocycles. The number of carbonyl (C=O) groups is 1. The van der Waals surface area contributed by atoms with E-state index in [0.29, 0.717) is 18.0 Å². The minimum atomic E-state index is 0.392. The van der Waals surface area contributed by atoms with Gasteiger partial charge in [-0.1, -0.05) is 0 Å². The van der Waals surface area contributed by atoms with Gasteiger partial charge in [-0.3, -0.25) is 9.69 Å². The molecular formula is C18H27N3OS. The van der Waals surface area contributed by atoms with Crippen LogP contribution < -0.4 is 0 Å². The molecule has 1 aromatic rings. The van der Waals surface area contributed by atoms with E-state index < -0.39 is 0 Å². The number of piperidine rings is 1. The van der Waals surface area contributed by atoms with Crippen LogP contribution in [-0.4, -0.2) is 65.4 Å². The lowest BCUT2D eigenvalue weighted by Crippen LogP contribution is -2.53. The summed E-state index contributed by atoms with van der Waals surface area (Å²) >= 11 is 1.78. The van der Waals surface area contributed by atoms with Crippen LogP contribution in [0.25, 0.3) is 0 Å². The van der Waals surface area contributed by atoms with Crippen LogP contribution in [0.15, 0.2) is 16.8 Å². The van der Waals surface area contributed by atoms with E-state index in [4.69, 9.17) is 0 Å². The molecule has 2 atom stereocenters. The molecule has 3 saturated heterocycles. The lowest BCUT2D eigenvalue weighted by atomic mass is 9.96. The smallest absolute Gasteiger partial charge is 0.222 e. The van der Waals surface area contributed by atoms with E-state index >= 15 is 0 Å². The summed E-state index contributed by atoms with van der Waals surface area (Å²) in [6.07, 6.45) is 5.60. The van der Waals surface area contributed by atoms with Gasteiger partial charge in [0.2, 0.25) is 5.91 Å². The normalized spacial score (nSPS) is 29.4. The third-order valence-electron chi connectivity index (χ3n) is 5.82. The van der Waals surface area contributed by atoms with Crippen LogP contribution in [0.5, 0.6) is 0 Å². The summed E-state index contributed by atoms with van der Waals surface area (Å²) in [6.45, 7) is 6.64. The summed E-state index contributed by atoms with van der Waals surface area (Å²) in [6, 6.07) is 3.26. The quantitative estimate of drug-likeness (QED) is 0.828. The van der Waals surface area contributed by atoms with Gasteiger partial charge in [0.05, 0.1) is 0 Å². The number of carbonyl (C=O) groups excluding carboxylic acids is 1. The summed E-state index contributed by atoms with van der Waals surface area (Å²) in [4.78, 5) is 19.8. The highest BCUT2D eigenvalue weighted by Crippen LogP contribution is 2.32. The van der Waals surface area contributed by atoms with E-state index in [1.54, 1.807) is 11.3 Å². The van der Waals surface area contributed by atoms with Gasteiger partial charge in [0.1, 0.15) is 0 Å². The van der Waals surface area contributed by atoms with Gasteiger partial charge in [0.15, 0.2) is 0 Å². The van der Waals surface area contributed by atoms with Crippen molar-refractivity contribution in [2.24, 2.45) is 0 Å². The Balaban J connectivity index is 1.38. The summed E-state index contributed by atoms with van der Waals surface area (Å²) in [5.41, 5.74) is 1.43. The molecule has 4 rings (SSSR count). The molecule has 0 saturated carbocycles. The van der Waals surface area contributed by atoms with Crippen molar-refractivity contribution in [1.82, 2.24) is 14.7 Å². The van der Waals surface area contributed by atoms with Crippen LogP contribution in [-0.2, 0) is 11.3 Å². The first-order chi connectivity index (χ1) is 11.3. The number of likely N-dealkylation sites (tertiary alicyclic amines) is 3. The highest BCUT2D eigenvalue weighted by molar-refractivity contribution is 7.07. The third kappa shape index (κ3) is 3.32. The molecule has 0 N–H and O–H groups in total. The van der Waals surface area contributed by atoms with Gasteiger partial charge in [-0.2, -0.15) is 11.3 Å². The van der Waals surface area contributed by atoms with Crippen molar-refractivity contribution >= 4 is 17.2 Å². The molecular weight excluding hydrogens is 306 g/mol. The Morgan fingerprint density at radius 1 is 1.09 bits per heavy atom. The molecule has 0 aromatic carbocycles. The van der Waals surface area contributed by atoms with Gasteiger partial charge in [-0.15, -0.1) is 0 Å². The number of amides is 1. The van der Waals surface area contributed by atoms with Crippen molar-refractivity contribution in [3.05, 3.63) is 22.4 Å². The molecule has 1 aromatic heterocycles. The molecule has 1 amide bonds. The molecule has 0 spiro atoms. The van der Waals surface area contributed by atoms with Gasteiger partial charge >= 0.3 is 0 Å². The second-order valence-corrected chi connectivity index (χ2v) is 7.98. The highest BCUT2D eigenvalue weighted by Gasteiger charge is 2.42. The predicted molar refractivity (Wildman–Crippen MR) is 93.5 cm³/mol. The van der Waals surface area contributed by atoms with Crippen LogP contribution >= 0.6 is 11.3 Å². The third-order valence-corrected chi connectivity index (χ3v) is 6.55. The minimum Gasteiger partial charge on any atom is -0.337 e. The van der Waals surface area contributed by atoms with Crippen molar-refractivity contribution in [2.75, 3.05) is 32.7 Å². The molecule has 3 fully saturated rings. The molecule has 3 aliphatic heterocycles. The molecule has 0 radical (unpaired) electrons. The fourth-order valence-corrected chi connectivity index (χ4v) is 5.26. The zero-order chi connectivity index (χ0) is 15.6. The lowest BCUT2D eigenvalue weighted by Gasteiger charge is -2.40. The van der Waals surface area contributed by atoms with E-state index in [1.807, 2.05) is 0 Å². The van der Waals surface area contributed by atoms with E-state index in [0.717, 1.165) is 45.4 Å². The first-order valence-corrected chi connectivity index (χ1v) is 10.0. The lowest BCUT2D eigenvalue weighted by molar-refractivity contribution is -0.137. The fourth-order valence-electron chi connectivity index (χ4n) is 4.60. The fraction of sp³-hybridized carbons (Fsp3) is 0.722. The standard InChI is InChI=1S/C18H27N3OS/c22-18-4-3-16-17(21(18)11-10-19-7-1-2-8-19)5-9-20(16)13-15-6-12-23-14-15/h6,12,14,16-17H,1-5,7-11,13H2/t16-,17-/m1/s1. The van der Waals surface area contributed by atoms with Crippen molar-refractivity contribution in [2.45, 2.75) is 50.7 Å². The van der Waals surface area contributed by atoms with Gasteiger partial charge < -0.3 is 9.80 Å². The Morgan fingerprint density at radius 3 is 2.74 bits per heavy atom. The van der Waals surface area contributed by atoms with Crippen LogP contribution in [0.3, 0.4) is 0 Å². The Morgan fingerprint density at radius 2 is 1.96 bits per heavy atom. The van der Waals surface area contributed by atoms with E-state index in [-0.39, 0.29) is 0 Å². The zero-order valence-corrected chi connectivity index (χ0v) is 14.6. The van der Waals surface area contributed by atoms with E-state index in [2.05, 4.69) is 31.5 Å². The van der Waals surface area contributed by atoms with Crippen LogP contribution in [0.2, 0.25) is 0 Å². The average Bonchev–Trinajstić information content (AvgIpc) is 3.29. The molecule has 126 valence electrons. The zero-order valence-electron chi connectivity index (χ0n) is 13.8. The first kappa shape index (κ1) is 15.6. The summed E-state index contributed by atoms with van der Waals surface area (Å²) in [5, 5.41) is 4.42. The molecule has 5 heteroatoms. The molecule has 23 heavy (non-hydrogen) atoms. The Bertz CT molecular complexity index is 526. The number of hydrogen-bond donors (Lipinski definition) is 0. The number of hydrogen-bond acceptors (Lipinski definition) is 4. The average molecular weight is 334 g/mol. The maximum absolute atomic E-state index is 12.5. The molecule has 0 unspecified atom stereocenters. The second-order valence-electron chi connectivity index (χ2n) is 7.20.